The van der Waals surface area contributed by atoms with Crippen molar-refractivity contribution in [2.45, 2.75) is 6.92 Å². The van der Waals surface area contributed by atoms with E-state index in [9.17, 15) is 10.1 Å². The van der Waals surface area contributed by atoms with Crippen LogP contribution >= 0.6 is 0 Å². The maximum Gasteiger partial charge on any atom is 0.316 e. The molecule has 0 fully saturated rings. The first-order chi connectivity index (χ1) is 7.20. The molecule has 2 aromatic rings. The van der Waals surface area contributed by atoms with Crippen LogP contribution in [0.1, 0.15) is 5.56 Å². The molecule has 76 valence electrons. The zero-order valence-corrected chi connectivity index (χ0v) is 7.86. The molecule has 0 bridgehead atoms. The largest absolute Gasteiger partial charge is 0.316 e. The van der Waals surface area contributed by atoms with E-state index in [-0.39, 0.29) is 11.5 Å². The van der Waals surface area contributed by atoms with Gasteiger partial charge in [0.05, 0.1) is 4.92 Å². The molecule has 0 saturated heterocycles. The molecule has 2 heterocycles. The maximum atomic E-state index is 10.8. The molecule has 7 nitrogen and oxygen atoms in total. The van der Waals surface area contributed by atoms with Crippen molar-refractivity contribution < 1.29 is 4.92 Å². The fourth-order valence-corrected chi connectivity index (χ4v) is 1.25. The van der Waals surface area contributed by atoms with Crippen molar-refractivity contribution in [3.8, 4) is 5.82 Å². The van der Waals surface area contributed by atoms with Crippen LogP contribution in [0.4, 0.5) is 5.69 Å². The monoisotopic (exact) mass is 205 g/mol. The number of nitrogens with zero attached hydrogens (tertiary/aromatic N) is 5. The quantitative estimate of drug-likeness (QED) is 0.536. The summed E-state index contributed by atoms with van der Waals surface area (Å²) in [6.45, 7) is 1.65. The Morgan fingerprint density at radius 3 is 2.93 bits per heavy atom. The lowest BCUT2D eigenvalue weighted by atomic mass is 10.2. The first-order valence-corrected chi connectivity index (χ1v) is 4.15. The van der Waals surface area contributed by atoms with Crippen LogP contribution in [0.5, 0.6) is 0 Å². The topological polar surface area (TPSA) is 86.7 Å². The van der Waals surface area contributed by atoms with Crippen molar-refractivity contribution in [1.82, 2.24) is 19.7 Å². The highest BCUT2D eigenvalue weighted by Gasteiger charge is 2.20. The predicted octanol–water partition coefficient (Wildman–Crippen LogP) is 0.879. The molecule has 7 heteroatoms. The van der Waals surface area contributed by atoms with Crippen molar-refractivity contribution in [3.63, 3.8) is 0 Å². The molecule has 0 saturated carbocycles. The highest BCUT2D eigenvalue weighted by Crippen LogP contribution is 2.23. The summed E-state index contributed by atoms with van der Waals surface area (Å²) >= 11 is 0. The Labute approximate surface area is 84.6 Å². The lowest BCUT2D eigenvalue weighted by Gasteiger charge is -2.02. The molecule has 2 aromatic heterocycles. The van der Waals surface area contributed by atoms with Crippen LogP contribution in [0, 0.1) is 17.0 Å². The van der Waals surface area contributed by atoms with Gasteiger partial charge in [0.25, 0.3) is 0 Å². The minimum absolute atomic E-state index is 0.0528. The number of aromatic nitrogens is 4. The number of rotatable bonds is 2. The number of nitro groups is 1. The smallest absolute Gasteiger partial charge is 0.258 e. The zero-order valence-electron chi connectivity index (χ0n) is 7.86. The lowest BCUT2D eigenvalue weighted by molar-refractivity contribution is -0.385. The van der Waals surface area contributed by atoms with Gasteiger partial charge in [-0.15, -0.1) is 0 Å². The van der Waals surface area contributed by atoms with Crippen molar-refractivity contribution in [2.75, 3.05) is 0 Å². The Morgan fingerprint density at radius 1 is 1.53 bits per heavy atom. The van der Waals surface area contributed by atoms with E-state index in [1.807, 2.05) is 0 Å². The van der Waals surface area contributed by atoms with Gasteiger partial charge < -0.3 is 0 Å². The van der Waals surface area contributed by atoms with Crippen molar-refractivity contribution in [1.29, 1.82) is 0 Å². The third kappa shape index (κ3) is 1.54. The normalized spacial score (nSPS) is 10.2. The van der Waals surface area contributed by atoms with E-state index in [0.717, 1.165) is 0 Å². The van der Waals surface area contributed by atoms with Gasteiger partial charge in [0, 0.05) is 11.8 Å². The molecular formula is C8H7N5O2. The van der Waals surface area contributed by atoms with E-state index in [1.165, 1.54) is 23.5 Å². The van der Waals surface area contributed by atoms with Crippen LogP contribution in [0.25, 0.3) is 5.82 Å². The molecule has 0 aromatic carbocycles. The summed E-state index contributed by atoms with van der Waals surface area (Å²) in [5, 5.41) is 14.7. The van der Waals surface area contributed by atoms with Crippen LogP contribution < -0.4 is 0 Å². The Hall–Kier alpha value is -2.31. The van der Waals surface area contributed by atoms with Gasteiger partial charge in [0.2, 0.25) is 5.82 Å². The van der Waals surface area contributed by atoms with Crippen molar-refractivity contribution in [2.24, 2.45) is 0 Å². The third-order valence-electron chi connectivity index (χ3n) is 1.93. The number of pyridine rings is 1. The Balaban J connectivity index is 2.66. The van der Waals surface area contributed by atoms with Crippen LogP contribution in [0.15, 0.2) is 24.9 Å². The summed E-state index contributed by atoms with van der Waals surface area (Å²) in [5.41, 5.74) is 0.489. The summed E-state index contributed by atoms with van der Waals surface area (Å²) in [7, 11) is 0. The molecule has 0 N–H and O–H groups in total. The van der Waals surface area contributed by atoms with Gasteiger partial charge in [-0.2, -0.15) is 9.78 Å². The third-order valence-corrected chi connectivity index (χ3v) is 1.93. The van der Waals surface area contributed by atoms with Gasteiger partial charge in [0.15, 0.2) is 0 Å². The van der Waals surface area contributed by atoms with Crippen LogP contribution in [-0.2, 0) is 0 Å². The Morgan fingerprint density at radius 2 is 2.33 bits per heavy atom. The molecular weight excluding hydrogens is 198 g/mol. The first-order valence-electron chi connectivity index (χ1n) is 4.15. The average molecular weight is 205 g/mol. The maximum absolute atomic E-state index is 10.8. The van der Waals surface area contributed by atoms with E-state index in [1.54, 1.807) is 13.0 Å². The summed E-state index contributed by atoms with van der Waals surface area (Å²) in [5.74, 6) is 0.178. The van der Waals surface area contributed by atoms with E-state index in [4.69, 9.17) is 0 Å². The number of hydrogen-bond acceptors (Lipinski definition) is 5. The van der Waals surface area contributed by atoms with Crippen LogP contribution in [0.3, 0.4) is 0 Å². The van der Waals surface area contributed by atoms with E-state index < -0.39 is 4.92 Å². The van der Waals surface area contributed by atoms with E-state index in [2.05, 4.69) is 15.1 Å². The fraction of sp³-hybridized carbons (Fsp3) is 0.125. The molecule has 2 rings (SSSR count). The van der Waals surface area contributed by atoms with Crippen LogP contribution in [-0.4, -0.2) is 24.7 Å². The molecule has 0 radical (unpaired) electrons. The molecule has 0 aliphatic carbocycles. The highest BCUT2D eigenvalue weighted by atomic mass is 16.6. The lowest BCUT2D eigenvalue weighted by Crippen LogP contribution is -2.04. The van der Waals surface area contributed by atoms with Gasteiger partial charge in [-0.3, -0.25) is 10.1 Å². The van der Waals surface area contributed by atoms with Crippen LogP contribution in [0.2, 0.25) is 0 Å². The molecule has 0 aliphatic rings. The molecule has 0 amide bonds. The minimum atomic E-state index is -0.473. The summed E-state index contributed by atoms with van der Waals surface area (Å²) < 4.78 is 1.27. The molecule has 0 aliphatic heterocycles. The minimum Gasteiger partial charge on any atom is -0.258 e. The van der Waals surface area contributed by atoms with E-state index >= 15 is 0 Å². The summed E-state index contributed by atoms with van der Waals surface area (Å²) in [6, 6.07) is 1.58. The molecule has 15 heavy (non-hydrogen) atoms. The summed E-state index contributed by atoms with van der Waals surface area (Å²) in [4.78, 5) is 18.0. The number of aryl methyl sites for hydroxylation is 1. The summed E-state index contributed by atoms with van der Waals surface area (Å²) in [6.07, 6.45) is 4.17. The number of hydrogen-bond donors (Lipinski definition) is 0. The fourth-order valence-electron chi connectivity index (χ4n) is 1.25. The van der Waals surface area contributed by atoms with Crippen molar-refractivity contribution >= 4 is 5.69 Å². The molecule has 0 unspecified atom stereocenters. The van der Waals surface area contributed by atoms with Gasteiger partial charge in [-0.1, -0.05) is 0 Å². The average Bonchev–Trinajstić information content (AvgIpc) is 2.69. The molecule has 0 spiro atoms. The Bertz CT molecular complexity index is 494. The van der Waals surface area contributed by atoms with Crippen molar-refractivity contribution in [3.05, 3.63) is 40.6 Å². The Kier molecular flexibility index (Phi) is 2.13. The SMILES string of the molecule is Cc1ccnc(-n2cncn2)c1[N+](=O)[O-]. The van der Waals surface area contributed by atoms with Gasteiger partial charge in [0.1, 0.15) is 12.7 Å². The first kappa shape index (κ1) is 9.25. The standard InChI is InChI=1S/C8H7N5O2/c1-6-2-3-10-8(7(6)13(14)15)12-5-9-4-11-12/h2-5H,1H3. The second-order valence-corrected chi connectivity index (χ2v) is 2.90. The predicted molar refractivity (Wildman–Crippen MR) is 50.5 cm³/mol. The van der Waals surface area contributed by atoms with Gasteiger partial charge >= 0.3 is 5.69 Å². The molecule has 0 atom stereocenters. The van der Waals surface area contributed by atoms with Gasteiger partial charge in [-0.05, 0) is 13.0 Å². The second-order valence-electron chi connectivity index (χ2n) is 2.90. The highest BCUT2D eigenvalue weighted by molar-refractivity contribution is 5.51. The van der Waals surface area contributed by atoms with E-state index in [0.29, 0.717) is 5.56 Å². The zero-order chi connectivity index (χ0) is 10.8. The second kappa shape index (κ2) is 3.45. The van der Waals surface area contributed by atoms with Gasteiger partial charge in [-0.25, -0.2) is 9.97 Å².